The van der Waals surface area contributed by atoms with Crippen LogP contribution in [0.1, 0.15) is 26.2 Å². The fraction of sp³-hybridized carbons (Fsp3) is 1.00. The summed E-state index contributed by atoms with van der Waals surface area (Å²) in [5.41, 5.74) is 0. The first-order valence-corrected chi connectivity index (χ1v) is 9.49. The van der Waals surface area contributed by atoms with E-state index in [4.69, 9.17) is 0 Å². The Labute approximate surface area is 110 Å². The quantitative estimate of drug-likeness (QED) is 0.688. The zero-order chi connectivity index (χ0) is 12.7. The molecule has 1 N–H and O–H groups in total. The zero-order valence-corrected chi connectivity index (χ0v) is 12.6. The van der Waals surface area contributed by atoms with Crippen LogP contribution in [0.15, 0.2) is 0 Å². The van der Waals surface area contributed by atoms with Gasteiger partial charge in [-0.25, -0.2) is 8.42 Å². The number of nitrogens with one attached hydrogen (secondary N) is 1. The van der Waals surface area contributed by atoms with E-state index >= 15 is 0 Å². The summed E-state index contributed by atoms with van der Waals surface area (Å²) in [5.74, 6) is 4.13. The second-order valence-corrected chi connectivity index (χ2v) is 8.44. The molecule has 0 saturated carbocycles. The van der Waals surface area contributed by atoms with E-state index < -0.39 is 9.84 Å². The third-order valence-electron chi connectivity index (χ3n) is 3.47. The molecule has 0 amide bonds. The van der Waals surface area contributed by atoms with E-state index in [-0.39, 0.29) is 0 Å². The largest absolute Gasteiger partial charge is 0.319 e. The fourth-order valence-electron chi connectivity index (χ4n) is 2.55. The molecule has 0 aromatic heterocycles. The molecule has 1 heterocycles. The lowest BCUT2D eigenvalue weighted by Crippen LogP contribution is -2.27. The van der Waals surface area contributed by atoms with Crippen molar-refractivity contribution >= 4 is 21.6 Å². The Bertz CT molecular complexity index is 304. The molecule has 0 radical (unpaired) electrons. The van der Waals surface area contributed by atoms with Crippen LogP contribution in [0.25, 0.3) is 0 Å². The second-order valence-electron chi connectivity index (χ2n) is 4.82. The zero-order valence-electron chi connectivity index (χ0n) is 10.9. The molecule has 2 atom stereocenters. The third kappa shape index (κ3) is 5.62. The fourth-order valence-corrected chi connectivity index (χ4v) is 5.13. The van der Waals surface area contributed by atoms with Gasteiger partial charge >= 0.3 is 0 Å². The minimum Gasteiger partial charge on any atom is -0.319 e. The van der Waals surface area contributed by atoms with Gasteiger partial charge in [-0.3, -0.25) is 0 Å². The molecule has 0 aromatic carbocycles. The van der Waals surface area contributed by atoms with Crippen molar-refractivity contribution in [2.75, 3.05) is 36.6 Å². The highest BCUT2D eigenvalue weighted by Gasteiger charge is 2.32. The van der Waals surface area contributed by atoms with Crippen LogP contribution < -0.4 is 5.32 Å². The van der Waals surface area contributed by atoms with E-state index in [9.17, 15) is 8.42 Å². The molecule has 0 aromatic rings. The predicted molar refractivity (Wildman–Crippen MR) is 76.4 cm³/mol. The van der Waals surface area contributed by atoms with E-state index in [1.807, 2.05) is 18.8 Å². The van der Waals surface area contributed by atoms with Crippen LogP contribution >= 0.6 is 11.8 Å². The van der Waals surface area contributed by atoms with E-state index in [2.05, 4.69) is 12.2 Å². The van der Waals surface area contributed by atoms with Crippen LogP contribution in [0.2, 0.25) is 0 Å². The molecule has 3 nitrogen and oxygen atoms in total. The van der Waals surface area contributed by atoms with Gasteiger partial charge in [0.05, 0.1) is 11.5 Å². The van der Waals surface area contributed by atoms with E-state index in [1.165, 1.54) is 17.9 Å². The van der Waals surface area contributed by atoms with Crippen molar-refractivity contribution < 1.29 is 8.42 Å². The maximum absolute atomic E-state index is 11.5. The van der Waals surface area contributed by atoms with Crippen molar-refractivity contribution in [2.24, 2.45) is 11.8 Å². The Morgan fingerprint density at radius 2 is 2.24 bits per heavy atom. The lowest BCUT2D eigenvalue weighted by atomic mass is 9.88. The van der Waals surface area contributed by atoms with Gasteiger partial charge in [-0.05, 0) is 56.2 Å². The van der Waals surface area contributed by atoms with Crippen LogP contribution in [-0.2, 0) is 9.84 Å². The molecule has 5 heteroatoms. The van der Waals surface area contributed by atoms with Crippen LogP contribution in [0, 0.1) is 11.8 Å². The van der Waals surface area contributed by atoms with Gasteiger partial charge < -0.3 is 5.32 Å². The molecule has 1 saturated heterocycles. The van der Waals surface area contributed by atoms with Crippen LogP contribution in [0.3, 0.4) is 0 Å². The summed E-state index contributed by atoms with van der Waals surface area (Å²) < 4.78 is 23.0. The lowest BCUT2D eigenvalue weighted by molar-refractivity contribution is 0.331. The van der Waals surface area contributed by atoms with Crippen molar-refractivity contribution in [3.63, 3.8) is 0 Å². The number of rotatable bonds is 8. The number of hydrogen-bond donors (Lipinski definition) is 1. The van der Waals surface area contributed by atoms with Gasteiger partial charge in [0, 0.05) is 0 Å². The maximum Gasteiger partial charge on any atom is 0.150 e. The normalized spacial score (nSPS) is 24.9. The van der Waals surface area contributed by atoms with Gasteiger partial charge in [0.15, 0.2) is 9.84 Å². The minimum atomic E-state index is -2.73. The summed E-state index contributed by atoms with van der Waals surface area (Å²) in [5, 5.41) is 3.21. The van der Waals surface area contributed by atoms with Gasteiger partial charge in [0.25, 0.3) is 0 Å². The molecule has 0 spiro atoms. The Hall–Kier alpha value is 0.260. The number of hydrogen-bond acceptors (Lipinski definition) is 4. The van der Waals surface area contributed by atoms with Crippen molar-refractivity contribution in [3.8, 4) is 0 Å². The summed E-state index contributed by atoms with van der Waals surface area (Å²) >= 11 is 1.97. The average Bonchev–Trinajstić information content (AvgIpc) is 2.63. The minimum absolute atomic E-state index is 0.388. The lowest BCUT2D eigenvalue weighted by Gasteiger charge is -2.22. The summed E-state index contributed by atoms with van der Waals surface area (Å²) in [4.78, 5) is 0. The molecular weight excluding hydrogens is 254 g/mol. The Kier molecular flexibility index (Phi) is 6.89. The summed E-state index contributed by atoms with van der Waals surface area (Å²) in [7, 11) is -0.771. The third-order valence-corrected chi connectivity index (χ3v) is 6.25. The predicted octanol–water partition coefficient (Wildman–Crippen LogP) is 1.79. The molecular formula is C12H25NO2S2. The maximum atomic E-state index is 11.5. The van der Waals surface area contributed by atoms with Crippen molar-refractivity contribution in [1.29, 1.82) is 0 Å². The molecule has 1 aliphatic heterocycles. The van der Waals surface area contributed by atoms with E-state index in [0.29, 0.717) is 23.3 Å². The van der Waals surface area contributed by atoms with Gasteiger partial charge in [0.2, 0.25) is 0 Å². The molecule has 102 valence electrons. The van der Waals surface area contributed by atoms with Crippen molar-refractivity contribution in [2.45, 2.75) is 26.2 Å². The molecule has 1 fully saturated rings. The first-order valence-electron chi connectivity index (χ1n) is 6.52. The van der Waals surface area contributed by atoms with Crippen LogP contribution in [0.5, 0.6) is 0 Å². The Balaban J connectivity index is 2.37. The summed E-state index contributed by atoms with van der Waals surface area (Å²) in [6, 6.07) is 0. The van der Waals surface area contributed by atoms with Crippen LogP contribution in [-0.4, -0.2) is 45.0 Å². The highest BCUT2D eigenvalue weighted by atomic mass is 32.2. The van der Waals surface area contributed by atoms with E-state index in [1.54, 1.807) is 0 Å². The van der Waals surface area contributed by atoms with Gasteiger partial charge in [-0.2, -0.15) is 11.8 Å². The van der Waals surface area contributed by atoms with Crippen LogP contribution in [0.4, 0.5) is 0 Å². The standard InChI is InChI=1S/C12H25NO2S2/c1-3-16-7-4-5-11(9-13-2)12-6-8-17(14,15)10-12/h11-13H,3-10H2,1-2H3. The van der Waals surface area contributed by atoms with E-state index in [0.717, 1.165) is 19.4 Å². The average molecular weight is 279 g/mol. The number of thioether (sulfide) groups is 1. The molecule has 0 bridgehead atoms. The highest BCUT2D eigenvalue weighted by Crippen LogP contribution is 2.29. The molecule has 0 aliphatic carbocycles. The van der Waals surface area contributed by atoms with Gasteiger partial charge in [-0.1, -0.05) is 6.92 Å². The van der Waals surface area contributed by atoms with Gasteiger partial charge in [0.1, 0.15) is 0 Å². The SMILES string of the molecule is CCSCCCC(CNC)C1CCS(=O)(=O)C1. The number of sulfone groups is 1. The molecule has 17 heavy (non-hydrogen) atoms. The summed E-state index contributed by atoms with van der Waals surface area (Å²) in [6.07, 6.45) is 3.24. The highest BCUT2D eigenvalue weighted by molar-refractivity contribution is 7.99. The Morgan fingerprint density at radius 3 is 2.76 bits per heavy atom. The molecule has 1 rings (SSSR count). The first-order chi connectivity index (χ1) is 8.09. The summed E-state index contributed by atoms with van der Waals surface area (Å²) in [6.45, 7) is 3.14. The molecule has 2 unspecified atom stereocenters. The molecule has 1 aliphatic rings. The monoisotopic (exact) mass is 279 g/mol. The van der Waals surface area contributed by atoms with Gasteiger partial charge in [-0.15, -0.1) is 0 Å². The second kappa shape index (κ2) is 7.64. The van der Waals surface area contributed by atoms with Crippen molar-refractivity contribution in [3.05, 3.63) is 0 Å². The van der Waals surface area contributed by atoms with Crippen molar-refractivity contribution in [1.82, 2.24) is 5.32 Å². The smallest absolute Gasteiger partial charge is 0.150 e. The topological polar surface area (TPSA) is 46.2 Å². The Morgan fingerprint density at radius 1 is 1.47 bits per heavy atom. The first kappa shape index (κ1) is 15.3.